The molecule has 104 valence electrons. The molecule has 0 spiro atoms. The fourth-order valence-electron chi connectivity index (χ4n) is 1.37. The zero-order valence-electron chi connectivity index (χ0n) is 10.2. The minimum atomic E-state index is -3.73. The molecule has 2 aromatic rings. The third-order valence-electron chi connectivity index (χ3n) is 2.45. The SMILES string of the molecule is Cc1nc(NS(=O)(=O)c2cc(CN)oc2Br)sc1C. The number of anilines is 1. The molecule has 0 radical (unpaired) electrons. The molecule has 3 N–H and O–H groups in total. The molecule has 19 heavy (non-hydrogen) atoms. The van der Waals surface area contributed by atoms with E-state index in [4.69, 9.17) is 10.2 Å². The second-order valence-electron chi connectivity index (χ2n) is 3.82. The Bertz CT molecular complexity index is 686. The second kappa shape index (κ2) is 5.23. The highest BCUT2D eigenvalue weighted by molar-refractivity contribution is 9.10. The first-order chi connectivity index (χ1) is 8.83. The van der Waals surface area contributed by atoms with Crippen molar-refractivity contribution >= 4 is 42.4 Å². The average molecular weight is 366 g/mol. The Labute approximate surface area is 123 Å². The largest absolute Gasteiger partial charge is 0.452 e. The summed E-state index contributed by atoms with van der Waals surface area (Å²) >= 11 is 4.35. The highest BCUT2D eigenvalue weighted by atomic mass is 79.9. The van der Waals surface area contributed by atoms with Crippen molar-refractivity contribution in [2.45, 2.75) is 25.3 Å². The zero-order valence-corrected chi connectivity index (χ0v) is 13.4. The van der Waals surface area contributed by atoms with Crippen LogP contribution < -0.4 is 10.5 Å². The summed E-state index contributed by atoms with van der Waals surface area (Å²) in [6, 6.07) is 1.39. The first kappa shape index (κ1) is 14.5. The molecule has 0 unspecified atom stereocenters. The lowest BCUT2D eigenvalue weighted by molar-refractivity contribution is 0.484. The number of thiazole rings is 1. The van der Waals surface area contributed by atoms with Crippen molar-refractivity contribution in [3.8, 4) is 0 Å². The van der Waals surface area contributed by atoms with E-state index in [1.54, 1.807) is 0 Å². The number of aromatic nitrogens is 1. The van der Waals surface area contributed by atoms with Gasteiger partial charge in [-0.3, -0.25) is 4.72 Å². The van der Waals surface area contributed by atoms with Crippen LogP contribution in [-0.4, -0.2) is 13.4 Å². The average Bonchev–Trinajstić information content (AvgIpc) is 2.83. The van der Waals surface area contributed by atoms with Gasteiger partial charge in [-0.15, -0.1) is 11.3 Å². The highest BCUT2D eigenvalue weighted by Crippen LogP contribution is 2.29. The Kier molecular flexibility index (Phi) is 4.00. The van der Waals surface area contributed by atoms with Gasteiger partial charge in [0.25, 0.3) is 10.0 Å². The van der Waals surface area contributed by atoms with E-state index >= 15 is 0 Å². The zero-order chi connectivity index (χ0) is 14.2. The van der Waals surface area contributed by atoms with Crippen LogP contribution in [0.1, 0.15) is 16.3 Å². The number of sulfonamides is 1. The number of rotatable bonds is 4. The Morgan fingerprint density at radius 1 is 1.53 bits per heavy atom. The normalized spacial score (nSPS) is 11.8. The summed E-state index contributed by atoms with van der Waals surface area (Å²) in [5, 5.41) is 0.331. The van der Waals surface area contributed by atoms with Crippen LogP contribution in [0.3, 0.4) is 0 Å². The molecule has 2 rings (SSSR count). The van der Waals surface area contributed by atoms with E-state index in [1.165, 1.54) is 17.4 Å². The van der Waals surface area contributed by atoms with Crippen LogP contribution in [0.25, 0.3) is 0 Å². The summed E-state index contributed by atoms with van der Waals surface area (Å²) in [6.07, 6.45) is 0. The maximum absolute atomic E-state index is 12.2. The number of hydrogen-bond donors (Lipinski definition) is 2. The monoisotopic (exact) mass is 365 g/mol. The van der Waals surface area contributed by atoms with Gasteiger partial charge >= 0.3 is 0 Å². The molecule has 2 heterocycles. The minimum absolute atomic E-state index is 0.0125. The summed E-state index contributed by atoms with van der Waals surface area (Å²) in [5.74, 6) is 0.388. The van der Waals surface area contributed by atoms with Crippen molar-refractivity contribution in [1.82, 2.24) is 4.98 Å². The molecular weight excluding hydrogens is 354 g/mol. The molecule has 0 aliphatic carbocycles. The first-order valence-corrected chi connectivity index (χ1v) is 8.38. The van der Waals surface area contributed by atoms with Crippen molar-refractivity contribution in [3.05, 3.63) is 27.1 Å². The number of nitrogens with two attached hydrogens (primary N) is 1. The van der Waals surface area contributed by atoms with Crippen LogP contribution >= 0.6 is 27.3 Å². The van der Waals surface area contributed by atoms with E-state index in [2.05, 4.69) is 25.6 Å². The van der Waals surface area contributed by atoms with Gasteiger partial charge < -0.3 is 10.2 Å². The van der Waals surface area contributed by atoms with Crippen LogP contribution in [-0.2, 0) is 16.6 Å². The van der Waals surface area contributed by atoms with Crippen LogP contribution in [0.15, 0.2) is 20.0 Å². The van der Waals surface area contributed by atoms with Gasteiger partial charge in [0.1, 0.15) is 10.7 Å². The van der Waals surface area contributed by atoms with Crippen molar-refractivity contribution in [2.24, 2.45) is 5.73 Å². The highest BCUT2D eigenvalue weighted by Gasteiger charge is 2.23. The number of halogens is 1. The van der Waals surface area contributed by atoms with Gasteiger partial charge in [-0.25, -0.2) is 13.4 Å². The lowest BCUT2D eigenvalue weighted by atomic mass is 10.4. The number of nitrogens with zero attached hydrogens (tertiary/aromatic N) is 1. The molecular formula is C10H12BrN3O3S2. The Morgan fingerprint density at radius 3 is 2.68 bits per heavy atom. The quantitative estimate of drug-likeness (QED) is 0.866. The molecule has 0 fully saturated rings. The third kappa shape index (κ3) is 2.99. The smallest absolute Gasteiger partial charge is 0.268 e. The van der Waals surface area contributed by atoms with Gasteiger partial charge in [-0.2, -0.15) is 0 Å². The molecule has 0 amide bonds. The fraction of sp³-hybridized carbons (Fsp3) is 0.300. The Hall–Kier alpha value is -0.900. The lowest BCUT2D eigenvalue weighted by Gasteiger charge is -2.02. The topological polar surface area (TPSA) is 98.2 Å². The first-order valence-electron chi connectivity index (χ1n) is 5.28. The van der Waals surface area contributed by atoms with E-state index < -0.39 is 10.0 Å². The van der Waals surface area contributed by atoms with Crippen molar-refractivity contribution in [1.29, 1.82) is 0 Å². The van der Waals surface area contributed by atoms with Crippen molar-refractivity contribution in [3.63, 3.8) is 0 Å². The predicted molar refractivity (Wildman–Crippen MR) is 76.7 cm³/mol. The summed E-state index contributed by atoms with van der Waals surface area (Å²) in [6.45, 7) is 3.83. The molecule has 0 aliphatic heterocycles. The minimum Gasteiger partial charge on any atom is -0.452 e. The molecule has 0 atom stereocenters. The number of hydrogen-bond acceptors (Lipinski definition) is 6. The van der Waals surface area contributed by atoms with Gasteiger partial charge in [0.05, 0.1) is 12.2 Å². The van der Waals surface area contributed by atoms with Gasteiger partial charge in [-0.05, 0) is 29.8 Å². The second-order valence-corrected chi connectivity index (χ2v) is 7.40. The van der Waals surface area contributed by atoms with E-state index in [0.717, 1.165) is 10.6 Å². The van der Waals surface area contributed by atoms with Crippen molar-refractivity contribution in [2.75, 3.05) is 4.72 Å². The maximum atomic E-state index is 12.2. The summed E-state index contributed by atoms with van der Waals surface area (Å²) in [5.41, 5.74) is 6.21. The predicted octanol–water partition coefficient (Wildman–Crippen LogP) is 2.37. The van der Waals surface area contributed by atoms with E-state index in [-0.39, 0.29) is 16.1 Å². The molecule has 6 nitrogen and oxygen atoms in total. The van der Waals surface area contributed by atoms with E-state index in [1.807, 2.05) is 13.8 Å². The van der Waals surface area contributed by atoms with Gasteiger partial charge in [0.15, 0.2) is 9.80 Å². The molecule has 0 saturated heterocycles. The third-order valence-corrected chi connectivity index (χ3v) is 5.76. The van der Waals surface area contributed by atoms with Crippen LogP contribution in [0.2, 0.25) is 0 Å². The fourth-order valence-corrected chi connectivity index (χ4v) is 4.42. The van der Waals surface area contributed by atoms with Gasteiger partial charge in [0.2, 0.25) is 0 Å². The number of aryl methyl sites for hydroxylation is 2. The summed E-state index contributed by atoms with van der Waals surface area (Å²) < 4.78 is 32.1. The van der Waals surface area contributed by atoms with Gasteiger partial charge in [0, 0.05) is 10.9 Å². The van der Waals surface area contributed by atoms with Crippen LogP contribution in [0, 0.1) is 13.8 Å². The van der Waals surface area contributed by atoms with Crippen molar-refractivity contribution < 1.29 is 12.8 Å². The maximum Gasteiger partial charge on any atom is 0.268 e. The van der Waals surface area contributed by atoms with Crippen LogP contribution in [0.4, 0.5) is 5.13 Å². The Morgan fingerprint density at radius 2 is 2.21 bits per heavy atom. The molecule has 0 saturated carbocycles. The van der Waals surface area contributed by atoms with Gasteiger partial charge in [-0.1, -0.05) is 0 Å². The lowest BCUT2D eigenvalue weighted by Crippen LogP contribution is -2.12. The van der Waals surface area contributed by atoms with E-state index in [9.17, 15) is 8.42 Å². The standard InChI is InChI=1S/C10H12BrN3O3S2/c1-5-6(2)18-10(13-5)14-19(15,16)8-3-7(4-12)17-9(8)11/h3H,4,12H2,1-2H3,(H,13,14). The summed E-state index contributed by atoms with van der Waals surface area (Å²) in [7, 11) is -3.73. The molecule has 0 aliphatic rings. The number of nitrogens with one attached hydrogen (secondary N) is 1. The molecule has 2 aromatic heterocycles. The molecule has 0 bridgehead atoms. The molecule has 0 aromatic carbocycles. The van der Waals surface area contributed by atoms with Crippen LogP contribution in [0.5, 0.6) is 0 Å². The van der Waals surface area contributed by atoms with E-state index in [0.29, 0.717) is 10.9 Å². The number of furan rings is 1. The Balaban J connectivity index is 2.34. The molecule has 9 heteroatoms. The summed E-state index contributed by atoms with van der Waals surface area (Å²) in [4.78, 5) is 5.11.